The maximum atomic E-state index is 14.0. The summed E-state index contributed by atoms with van der Waals surface area (Å²) < 4.78 is 55.1. The van der Waals surface area contributed by atoms with Gasteiger partial charge in [-0.3, -0.25) is 9.10 Å². The van der Waals surface area contributed by atoms with E-state index < -0.39 is 27.6 Å². The second-order valence-electron chi connectivity index (χ2n) is 7.50. The van der Waals surface area contributed by atoms with Gasteiger partial charge in [-0.2, -0.15) is 0 Å². The largest absolute Gasteiger partial charge is 0.337 e. The van der Waals surface area contributed by atoms with Gasteiger partial charge in [-0.1, -0.05) is 35.9 Å². The normalized spacial score (nSPS) is 13.2. The smallest absolute Gasteiger partial charge is 0.265 e. The molecule has 0 aliphatic carbocycles. The molecule has 0 N–H and O–H groups in total. The molecule has 5 nitrogen and oxygen atoms in total. The van der Waals surface area contributed by atoms with E-state index >= 15 is 0 Å². The van der Waals surface area contributed by atoms with E-state index in [0.29, 0.717) is 12.1 Å². The molecule has 0 radical (unpaired) electrons. The minimum atomic E-state index is -4.01. The van der Waals surface area contributed by atoms with Gasteiger partial charge in [0.25, 0.3) is 15.9 Å². The number of rotatable bonds is 5. The molecule has 0 aromatic heterocycles. The number of nitrogens with zero attached hydrogens (tertiary/aromatic N) is 2. The number of fused-ring (bicyclic) bond motifs is 1. The highest BCUT2D eigenvalue weighted by Crippen LogP contribution is 2.35. The highest BCUT2D eigenvalue weighted by Gasteiger charge is 2.32. The average molecular weight is 477 g/mol. The number of hydrogen-bond donors (Lipinski definition) is 0. The lowest BCUT2D eigenvalue weighted by Crippen LogP contribution is -2.30. The Morgan fingerprint density at radius 1 is 1.09 bits per heavy atom. The first kappa shape index (κ1) is 22.2. The zero-order chi connectivity index (χ0) is 23.0. The summed E-state index contributed by atoms with van der Waals surface area (Å²) in [6.07, 6.45) is 0.581. The van der Waals surface area contributed by atoms with Crippen molar-refractivity contribution in [2.45, 2.75) is 17.9 Å². The Hall–Kier alpha value is -2.97. The van der Waals surface area contributed by atoms with Gasteiger partial charge in [0.15, 0.2) is 0 Å². The molecule has 1 aliphatic heterocycles. The molecule has 166 valence electrons. The van der Waals surface area contributed by atoms with E-state index in [4.69, 9.17) is 11.6 Å². The number of halogens is 3. The van der Waals surface area contributed by atoms with Gasteiger partial charge in [0.05, 0.1) is 10.7 Å². The lowest BCUT2D eigenvalue weighted by Gasteiger charge is -2.22. The topological polar surface area (TPSA) is 57.7 Å². The van der Waals surface area contributed by atoms with Crippen molar-refractivity contribution in [1.82, 2.24) is 4.90 Å². The second kappa shape index (κ2) is 8.52. The quantitative estimate of drug-likeness (QED) is 0.539. The van der Waals surface area contributed by atoms with Gasteiger partial charge in [0.2, 0.25) is 0 Å². The standard InChI is InChI=1S/C23H19ClF2N2O3S/c1-27(14-17-6-8-18(25)13-20(17)26)23(29)16-7-9-19(24)22(12-16)32(30,31)28-11-10-15-4-2-3-5-21(15)28/h2-9,12-13H,10-11,14H2,1H3. The van der Waals surface area contributed by atoms with Gasteiger partial charge in [0, 0.05) is 37.3 Å². The lowest BCUT2D eigenvalue weighted by molar-refractivity contribution is 0.0783. The highest BCUT2D eigenvalue weighted by atomic mass is 35.5. The minimum Gasteiger partial charge on any atom is -0.337 e. The van der Waals surface area contributed by atoms with Gasteiger partial charge in [-0.25, -0.2) is 17.2 Å². The Bertz CT molecular complexity index is 1310. The molecule has 0 atom stereocenters. The van der Waals surface area contributed by atoms with Crippen LogP contribution < -0.4 is 4.31 Å². The Morgan fingerprint density at radius 3 is 2.59 bits per heavy atom. The first-order chi connectivity index (χ1) is 15.2. The first-order valence-electron chi connectivity index (χ1n) is 9.78. The molecule has 0 saturated carbocycles. The van der Waals surface area contributed by atoms with Crippen LogP contribution in [0, 0.1) is 11.6 Å². The predicted molar refractivity (Wildman–Crippen MR) is 118 cm³/mol. The fourth-order valence-electron chi connectivity index (χ4n) is 3.71. The van der Waals surface area contributed by atoms with Crippen LogP contribution in [0.15, 0.2) is 65.6 Å². The summed E-state index contributed by atoms with van der Waals surface area (Å²) in [6.45, 7) is 0.162. The van der Waals surface area contributed by atoms with Crippen LogP contribution >= 0.6 is 11.6 Å². The molecule has 32 heavy (non-hydrogen) atoms. The molecule has 1 heterocycles. The molecule has 3 aromatic rings. The number of carbonyl (C=O) groups excluding carboxylic acids is 1. The molecule has 1 amide bonds. The summed E-state index contributed by atoms with van der Waals surface area (Å²) in [6, 6.07) is 14.3. The first-order valence-corrected chi connectivity index (χ1v) is 11.6. The number of benzene rings is 3. The molecule has 4 rings (SSSR count). The van der Waals surface area contributed by atoms with Crippen LogP contribution in [0.25, 0.3) is 0 Å². The van der Waals surface area contributed by atoms with E-state index in [0.717, 1.165) is 17.7 Å². The molecule has 3 aromatic carbocycles. The second-order valence-corrected chi connectivity index (χ2v) is 9.74. The summed E-state index contributed by atoms with van der Waals surface area (Å²) >= 11 is 6.22. The lowest BCUT2D eigenvalue weighted by atomic mass is 10.1. The third-order valence-electron chi connectivity index (χ3n) is 5.36. The molecule has 0 unspecified atom stereocenters. The Labute approximate surface area is 189 Å². The van der Waals surface area contributed by atoms with E-state index in [1.165, 1.54) is 40.5 Å². The zero-order valence-electron chi connectivity index (χ0n) is 17.1. The van der Waals surface area contributed by atoms with E-state index in [1.807, 2.05) is 12.1 Å². The van der Waals surface area contributed by atoms with Crippen molar-refractivity contribution < 1.29 is 22.0 Å². The number of anilines is 1. The highest BCUT2D eigenvalue weighted by molar-refractivity contribution is 7.93. The van der Waals surface area contributed by atoms with Crippen LogP contribution in [0.4, 0.5) is 14.5 Å². The van der Waals surface area contributed by atoms with Crippen LogP contribution in [0.3, 0.4) is 0 Å². The molecule has 0 bridgehead atoms. The molecule has 9 heteroatoms. The Kier molecular flexibility index (Phi) is 5.92. The molecule has 0 fully saturated rings. The van der Waals surface area contributed by atoms with Crippen molar-refractivity contribution in [2.75, 3.05) is 17.9 Å². The monoisotopic (exact) mass is 476 g/mol. The molecular formula is C23H19ClF2N2O3S. The van der Waals surface area contributed by atoms with Gasteiger partial charge >= 0.3 is 0 Å². The Morgan fingerprint density at radius 2 is 1.84 bits per heavy atom. The van der Waals surface area contributed by atoms with Gasteiger partial charge in [0.1, 0.15) is 16.5 Å². The molecule has 0 spiro atoms. The number of para-hydroxylation sites is 1. The minimum absolute atomic E-state index is 0.00170. The summed E-state index contributed by atoms with van der Waals surface area (Å²) in [5.74, 6) is -2.00. The predicted octanol–water partition coefficient (Wildman–Crippen LogP) is 4.64. The van der Waals surface area contributed by atoms with Crippen LogP contribution in [0.5, 0.6) is 0 Å². The summed E-state index contributed by atoms with van der Waals surface area (Å²) in [5, 5.41) is -0.00170. The maximum absolute atomic E-state index is 14.0. The maximum Gasteiger partial charge on any atom is 0.265 e. The molecular weight excluding hydrogens is 458 g/mol. The van der Waals surface area contributed by atoms with E-state index in [9.17, 15) is 22.0 Å². The van der Waals surface area contributed by atoms with E-state index in [2.05, 4.69) is 0 Å². The van der Waals surface area contributed by atoms with Crippen molar-refractivity contribution in [3.8, 4) is 0 Å². The molecule has 1 aliphatic rings. The summed E-state index contributed by atoms with van der Waals surface area (Å²) in [7, 11) is -2.56. The summed E-state index contributed by atoms with van der Waals surface area (Å²) in [4.78, 5) is 14.0. The number of hydrogen-bond acceptors (Lipinski definition) is 3. The van der Waals surface area contributed by atoms with Crippen molar-refractivity contribution >= 4 is 33.2 Å². The fourth-order valence-corrected chi connectivity index (χ4v) is 5.71. The van der Waals surface area contributed by atoms with Crippen molar-refractivity contribution in [3.05, 3.63) is 94.0 Å². The summed E-state index contributed by atoms with van der Waals surface area (Å²) in [5.41, 5.74) is 1.73. The van der Waals surface area contributed by atoms with Gasteiger partial charge in [-0.05, 0) is 42.3 Å². The SMILES string of the molecule is CN(Cc1ccc(F)cc1F)C(=O)c1ccc(Cl)c(S(=O)(=O)N2CCc3ccccc32)c1. The number of sulfonamides is 1. The van der Waals surface area contributed by atoms with Crippen molar-refractivity contribution in [1.29, 1.82) is 0 Å². The van der Waals surface area contributed by atoms with E-state index in [-0.39, 0.29) is 34.1 Å². The number of amides is 1. The zero-order valence-corrected chi connectivity index (χ0v) is 18.6. The third kappa shape index (κ3) is 4.08. The van der Waals surface area contributed by atoms with Crippen LogP contribution in [0.2, 0.25) is 5.02 Å². The fraction of sp³-hybridized carbons (Fsp3) is 0.174. The Balaban J connectivity index is 1.63. The van der Waals surface area contributed by atoms with Crippen molar-refractivity contribution in [2.24, 2.45) is 0 Å². The average Bonchev–Trinajstić information content (AvgIpc) is 3.20. The van der Waals surface area contributed by atoms with Gasteiger partial charge < -0.3 is 4.90 Å². The van der Waals surface area contributed by atoms with Gasteiger partial charge in [-0.15, -0.1) is 0 Å². The van der Waals surface area contributed by atoms with Crippen LogP contribution in [-0.2, 0) is 23.0 Å². The number of carbonyl (C=O) groups is 1. The molecule has 0 saturated heterocycles. The van der Waals surface area contributed by atoms with Crippen LogP contribution in [0.1, 0.15) is 21.5 Å². The van der Waals surface area contributed by atoms with E-state index in [1.54, 1.807) is 12.1 Å². The van der Waals surface area contributed by atoms with Crippen molar-refractivity contribution in [3.63, 3.8) is 0 Å². The van der Waals surface area contributed by atoms with Crippen LogP contribution in [-0.4, -0.2) is 32.8 Å². The third-order valence-corrected chi connectivity index (χ3v) is 7.65.